The molecule has 0 fully saturated rings. The number of hydrogen-bond acceptors (Lipinski definition) is 5. The maximum absolute atomic E-state index is 14.4. The van der Waals surface area contributed by atoms with Crippen molar-refractivity contribution in [1.29, 1.82) is 0 Å². The smallest absolute Gasteiger partial charge is 0.257 e. The number of para-hydroxylation sites is 2. The van der Waals surface area contributed by atoms with E-state index in [2.05, 4.69) is 15.6 Å². The van der Waals surface area contributed by atoms with Gasteiger partial charge in [-0.2, -0.15) is 0 Å². The number of anilines is 1. The van der Waals surface area contributed by atoms with Crippen LogP contribution in [0.3, 0.4) is 0 Å². The molecule has 1 aromatic heterocycles. The Morgan fingerprint density at radius 3 is 2.23 bits per heavy atom. The molecule has 0 saturated carbocycles. The molecule has 0 spiro atoms. The van der Waals surface area contributed by atoms with E-state index in [0.29, 0.717) is 28.1 Å². The summed E-state index contributed by atoms with van der Waals surface area (Å²) in [6.07, 6.45) is 1.63. The number of fused-ring (bicyclic) bond motifs is 2. The molecule has 204 valence electrons. The van der Waals surface area contributed by atoms with Crippen molar-refractivity contribution in [2.75, 3.05) is 32.6 Å². The number of methoxy groups -OCH3 is 2. The van der Waals surface area contributed by atoms with Gasteiger partial charge in [-0.15, -0.1) is 0 Å². The van der Waals surface area contributed by atoms with E-state index in [0.717, 1.165) is 37.1 Å². The highest BCUT2D eigenvalue weighted by molar-refractivity contribution is 6.13. The van der Waals surface area contributed by atoms with Crippen molar-refractivity contribution < 1.29 is 18.7 Å². The molecule has 5 rings (SSSR count). The lowest BCUT2D eigenvalue weighted by atomic mass is 10.1. The topological polar surface area (TPSA) is 92.5 Å². The second-order valence-electron chi connectivity index (χ2n) is 9.44. The Morgan fingerprint density at radius 2 is 1.48 bits per heavy atom. The lowest BCUT2D eigenvalue weighted by Gasteiger charge is -2.11. The first-order chi connectivity index (χ1) is 19.5. The molecule has 7 nitrogen and oxygen atoms in total. The van der Waals surface area contributed by atoms with Gasteiger partial charge in [-0.1, -0.05) is 30.3 Å². The zero-order valence-corrected chi connectivity index (χ0v) is 22.3. The second-order valence-corrected chi connectivity index (χ2v) is 9.44. The largest absolute Gasteiger partial charge is 0.493 e. The Labute approximate surface area is 230 Å². The predicted molar refractivity (Wildman–Crippen MR) is 156 cm³/mol. The molecule has 1 amide bonds. The van der Waals surface area contributed by atoms with Gasteiger partial charge in [-0.25, -0.2) is 4.39 Å². The van der Waals surface area contributed by atoms with Crippen molar-refractivity contribution in [1.82, 2.24) is 10.3 Å². The number of rotatable bonds is 10. The van der Waals surface area contributed by atoms with Crippen molar-refractivity contribution in [3.63, 3.8) is 0 Å². The number of H-pyrrole nitrogens is 1. The third-order valence-electron chi connectivity index (χ3n) is 6.88. The summed E-state index contributed by atoms with van der Waals surface area (Å²) in [6, 6.07) is 22.8. The van der Waals surface area contributed by atoms with Crippen molar-refractivity contribution in [3.8, 4) is 11.5 Å². The van der Waals surface area contributed by atoms with E-state index in [-0.39, 0.29) is 27.8 Å². The SMILES string of the molecule is COc1ccc(CCNCCc2cccc(NC(=O)c3cccc4c(=O)c5cccc(F)c5[nH]c34)c2)cc1OC. The van der Waals surface area contributed by atoms with E-state index in [9.17, 15) is 14.0 Å². The number of halogens is 1. The lowest BCUT2D eigenvalue weighted by molar-refractivity contribution is 0.102. The minimum absolute atomic E-state index is 0.0841. The Balaban J connectivity index is 1.22. The van der Waals surface area contributed by atoms with Crippen LogP contribution >= 0.6 is 0 Å². The third-order valence-corrected chi connectivity index (χ3v) is 6.88. The summed E-state index contributed by atoms with van der Waals surface area (Å²) in [5.41, 5.74) is 3.19. The number of aromatic nitrogens is 1. The summed E-state index contributed by atoms with van der Waals surface area (Å²) < 4.78 is 25.1. The zero-order chi connectivity index (χ0) is 28.1. The number of ether oxygens (including phenoxy) is 2. The Bertz CT molecular complexity index is 1750. The number of carbonyl (C=O) groups excluding carboxylic acids is 1. The van der Waals surface area contributed by atoms with Crippen molar-refractivity contribution in [3.05, 3.63) is 112 Å². The first-order valence-corrected chi connectivity index (χ1v) is 13.0. The molecule has 0 aliphatic rings. The maximum Gasteiger partial charge on any atom is 0.257 e. The van der Waals surface area contributed by atoms with Crippen molar-refractivity contribution in [2.45, 2.75) is 12.8 Å². The van der Waals surface area contributed by atoms with E-state index >= 15 is 0 Å². The van der Waals surface area contributed by atoms with Gasteiger partial charge in [0.2, 0.25) is 0 Å². The van der Waals surface area contributed by atoms with Crippen LogP contribution in [0.25, 0.3) is 21.8 Å². The first-order valence-electron chi connectivity index (χ1n) is 13.0. The predicted octanol–water partition coefficient (Wildman–Crippen LogP) is 5.46. The lowest BCUT2D eigenvalue weighted by Crippen LogP contribution is -2.20. The molecule has 0 unspecified atom stereocenters. The Morgan fingerprint density at radius 1 is 0.800 bits per heavy atom. The minimum atomic E-state index is -0.545. The van der Waals surface area contributed by atoms with E-state index in [1.807, 2.05) is 42.5 Å². The Kier molecular flexibility index (Phi) is 8.07. The van der Waals surface area contributed by atoms with Gasteiger partial charge in [0.1, 0.15) is 5.82 Å². The molecule has 0 bridgehead atoms. The standard InChI is InChI=1S/C32H30FN3O4/c1-39-27-13-12-21(19-28(27)40-2)15-17-34-16-14-20-6-3-7-22(18-20)35-32(38)25-10-4-8-23-29(25)36-30-24(31(23)37)9-5-11-26(30)33/h3-13,18-19,34H,14-17H2,1-2H3,(H,35,38)(H,36,37). The fraction of sp³-hybridized carbons (Fsp3) is 0.188. The van der Waals surface area contributed by atoms with Gasteiger partial charge >= 0.3 is 0 Å². The molecule has 0 saturated heterocycles. The summed E-state index contributed by atoms with van der Waals surface area (Å²) in [7, 11) is 3.25. The van der Waals surface area contributed by atoms with Crippen molar-refractivity contribution >= 4 is 33.4 Å². The highest BCUT2D eigenvalue weighted by Gasteiger charge is 2.16. The highest BCUT2D eigenvalue weighted by Crippen LogP contribution is 2.27. The van der Waals surface area contributed by atoms with Crippen LogP contribution in [0.5, 0.6) is 11.5 Å². The van der Waals surface area contributed by atoms with Gasteiger partial charge in [0.25, 0.3) is 5.91 Å². The molecule has 5 aromatic rings. The number of carbonyl (C=O) groups is 1. The van der Waals surface area contributed by atoms with E-state index in [1.165, 1.54) is 12.1 Å². The highest BCUT2D eigenvalue weighted by atomic mass is 19.1. The number of benzene rings is 4. The third kappa shape index (κ3) is 5.67. The van der Waals surface area contributed by atoms with Crippen molar-refractivity contribution in [2.24, 2.45) is 0 Å². The summed E-state index contributed by atoms with van der Waals surface area (Å²) >= 11 is 0. The normalized spacial score (nSPS) is 11.1. The van der Waals surface area contributed by atoms with E-state index in [1.54, 1.807) is 38.5 Å². The van der Waals surface area contributed by atoms with Crippen LogP contribution in [0, 0.1) is 5.82 Å². The maximum atomic E-state index is 14.4. The number of aromatic amines is 1. The number of amides is 1. The van der Waals surface area contributed by atoms with Crippen LogP contribution in [0.1, 0.15) is 21.5 Å². The molecule has 8 heteroatoms. The first kappa shape index (κ1) is 26.9. The molecule has 1 heterocycles. The molecular weight excluding hydrogens is 509 g/mol. The van der Waals surface area contributed by atoms with Gasteiger partial charge in [0, 0.05) is 16.5 Å². The molecule has 0 aliphatic heterocycles. The molecule has 40 heavy (non-hydrogen) atoms. The number of nitrogens with one attached hydrogen (secondary N) is 3. The minimum Gasteiger partial charge on any atom is -0.493 e. The fourth-order valence-electron chi connectivity index (χ4n) is 4.81. The molecule has 0 aliphatic carbocycles. The van der Waals surface area contributed by atoms with E-state index < -0.39 is 5.82 Å². The second kappa shape index (κ2) is 12.0. The molecule has 0 atom stereocenters. The van der Waals surface area contributed by atoms with Crippen LogP contribution in [-0.2, 0) is 12.8 Å². The fourth-order valence-corrected chi connectivity index (χ4v) is 4.81. The van der Waals surface area contributed by atoms with E-state index in [4.69, 9.17) is 9.47 Å². The molecule has 4 aromatic carbocycles. The van der Waals surface area contributed by atoms with Gasteiger partial charge in [-0.3, -0.25) is 9.59 Å². The number of pyridine rings is 1. The van der Waals surface area contributed by atoms with Gasteiger partial charge in [0.15, 0.2) is 16.9 Å². The van der Waals surface area contributed by atoms with Crippen LogP contribution in [0.4, 0.5) is 10.1 Å². The van der Waals surface area contributed by atoms with Crippen LogP contribution in [0.15, 0.2) is 83.7 Å². The average Bonchev–Trinajstić information content (AvgIpc) is 2.97. The molecular formula is C32H30FN3O4. The van der Waals surface area contributed by atoms with Gasteiger partial charge < -0.3 is 25.1 Å². The number of hydrogen-bond donors (Lipinski definition) is 3. The summed E-state index contributed by atoms with van der Waals surface area (Å²) in [5.74, 6) is 0.496. The summed E-state index contributed by atoms with van der Waals surface area (Å²) in [5, 5.41) is 6.95. The summed E-state index contributed by atoms with van der Waals surface area (Å²) in [4.78, 5) is 29.2. The average molecular weight is 540 g/mol. The Hall–Kier alpha value is -4.69. The van der Waals surface area contributed by atoms with Crippen LogP contribution in [-0.4, -0.2) is 38.2 Å². The molecule has 3 N–H and O–H groups in total. The zero-order valence-electron chi connectivity index (χ0n) is 22.3. The molecule has 0 radical (unpaired) electrons. The monoisotopic (exact) mass is 539 g/mol. The van der Waals surface area contributed by atoms with Crippen LogP contribution < -0.4 is 25.5 Å². The quantitative estimate of drug-likeness (QED) is 0.162. The van der Waals surface area contributed by atoms with Gasteiger partial charge in [-0.05, 0) is 85.6 Å². The van der Waals surface area contributed by atoms with Gasteiger partial charge in [0.05, 0.1) is 30.8 Å². The van der Waals surface area contributed by atoms with Crippen LogP contribution in [0.2, 0.25) is 0 Å². The summed E-state index contributed by atoms with van der Waals surface area (Å²) in [6.45, 7) is 1.58.